The number of pyridine rings is 1. The van der Waals surface area contributed by atoms with Crippen LogP contribution in [-0.2, 0) is 17.6 Å². The highest BCUT2D eigenvalue weighted by Gasteiger charge is 2.14. The van der Waals surface area contributed by atoms with Gasteiger partial charge in [0.25, 0.3) is 0 Å². The van der Waals surface area contributed by atoms with Crippen LogP contribution in [0, 0.1) is 5.41 Å². The molecule has 1 aliphatic rings. The lowest BCUT2D eigenvalue weighted by Crippen LogP contribution is -2.01. The molecule has 0 amide bonds. The van der Waals surface area contributed by atoms with E-state index >= 15 is 0 Å². The SMILES string of the molecule is N=C(Br)c1cc(-c2ccc3c(c2)CCC(=O)CC3)cnc1N. The molecule has 3 N–H and O–H groups in total. The summed E-state index contributed by atoms with van der Waals surface area (Å²) in [6, 6.07) is 8.13. The second-order valence-electron chi connectivity index (χ2n) is 5.49. The van der Waals surface area contributed by atoms with Crippen LogP contribution in [0.2, 0.25) is 0 Å². The number of carbonyl (C=O) groups excluding carboxylic acids is 1. The summed E-state index contributed by atoms with van der Waals surface area (Å²) in [5.74, 6) is 0.674. The fourth-order valence-electron chi connectivity index (χ4n) is 2.76. The van der Waals surface area contributed by atoms with E-state index in [2.05, 4.69) is 33.0 Å². The molecule has 0 spiro atoms. The molecule has 22 heavy (non-hydrogen) atoms. The minimum Gasteiger partial charge on any atom is -0.383 e. The van der Waals surface area contributed by atoms with Gasteiger partial charge in [-0.25, -0.2) is 4.98 Å². The smallest absolute Gasteiger partial charge is 0.133 e. The number of rotatable bonds is 2. The van der Waals surface area contributed by atoms with Gasteiger partial charge in [-0.3, -0.25) is 10.2 Å². The molecule has 1 heterocycles. The molecule has 0 saturated carbocycles. The van der Waals surface area contributed by atoms with E-state index in [4.69, 9.17) is 11.1 Å². The van der Waals surface area contributed by atoms with E-state index in [0.29, 0.717) is 30.0 Å². The molecule has 112 valence electrons. The largest absolute Gasteiger partial charge is 0.383 e. The van der Waals surface area contributed by atoms with Crippen molar-refractivity contribution in [2.75, 3.05) is 5.73 Å². The van der Waals surface area contributed by atoms with Gasteiger partial charge in [0.15, 0.2) is 0 Å². The first-order valence-electron chi connectivity index (χ1n) is 7.18. The molecule has 1 aliphatic carbocycles. The van der Waals surface area contributed by atoms with E-state index < -0.39 is 0 Å². The highest BCUT2D eigenvalue weighted by atomic mass is 79.9. The molecule has 1 aromatic heterocycles. The second kappa shape index (κ2) is 6.01. The number of hydrogen-bond acceptors (Lipinski definition) is 4. The number of nitrogens with one attached hydrogen (secondary N) is 1. The van der Waals surface area contributed by atoms with Crippen LogP contribution in [0.15, 0.2) is 30.5 Å². The van der Waals surface area contributed by atoms with Crippen molar-refractivity contribution < 1.29 is 4.79 Å². The van der Waals surface area contributed by atoms with Gasteiger partial charge < -0.3 is 5.73 Å². The quantitative estimate of drug-likeness (QED) is 0.637. The third-order valence-electron chi connectivity index (χ3n) is 4.04. The van der Waals surface area contributed by atoms with E-state index in [-0.39, 0.29) is 4.62 Å². The number of fused-ring (bicyclic) bond motifs is 1. The number of nitrogens with two attached hydrogens (primary N) is 1. The number of benzene rings is 1. The zero-order valence-corrected chi connectivity index (χ0v) is 13.6. The zero-order valence-electron chi connectivity index (χ0n) is 12.0. The van der Waals surface area contributed by atoms with Crippen LogP contribution in [0.3, 0.4) is 0 Å². The van der Waals surface area contributed by atoms with Gasteiger partial charge in [0.2, 0.25) is 0 Å². The maximum Gasteiger partial charge on any atom is 0.133 e. The molecule has 2 aromatic rings. The molecule has 0 aliphatic heterocycles. The first-order valence-corrected chi connectivity index (χ1v) is 7.97. The minimum absolute atomic E-state index is 0.222. The number of Topliss-reactive ketones (excluding diaryl/α,β-unsaturated/α-hetero) is 1. The average Bonchev–Trinajstić information content (AvgIpc) is 2.69. The van der Waals surface area contributed by atoms with Crippen LogP contribution in [0.1, 0.15) is 29.5 Å². The van der Waals surface area contributed by atoms with Gasteiger partial charge in [-0.1, -0.05) is 18.2 Å². The normalized spacial score (nSPS) is 14.3. The first kappa shape index (κ1) is 14.9. The third-order valence-corrected chi connectivity index (χ3v) is 4.47. The van der Waals surface area contributed by atoms with Crippen LogP contribution >= 0.6 is 15.9 Å². The van der Waals surface area contributed by atoms with Gasteiger partial charge in [-0.05, 0) is 51.5 Å². The van der Waals surface area contributed by atoms with E-state index in [9.17, 15) is 4.79 Å². The van der Waals surface area contributed by atoms with Crippen LogP contribution in [0.5, 0.6) is 0 Å². The van der Waals surface area contributed by atoms with E-state index in [0.717, 1.165) is 24.0 Å². The van der Waals surface area contributed by atoms with Crippen LogP contribution < -0.4 is 5.73 Å². The molecular formula is C17H16BrN3O. The van der Waals surface area contributed by atoms with Crippen molar-refractivity contribution >= 4 is 32.2 Å². The van der Waals surface area contributed by atoms with Gasteiger partial charge in [0, 0.05) is 30.2 Å². The summed E-state index contributed by atoms with van der Waals surface area (Å²) in [5.41, 5.74) is 10.8. The fourth-order valence-corrected chi connectivity index (χ4v) is 3.08. The zero-order chi connectivity index (χ0) is 15.7. The lowest BCUT2D eigenvalue weighted by Gasteiger charge is -2.10. The van der Waals surface area contributed by atoms with Crippen molar-refractivity contribution in [1.29, 1.82) is 5.41 Å². The molecule has 0 saturated heterocycles. The number of anilines is 1. The van der Waals surface area contributed by atoms with E-state index in [1.807, 2.05) is 12.1 Å². The van der Waals surface area contributed by atoms with Crippen molar-refractivity contribution in [1.82, 2.24) is 4.98 Å². The standard InChI is InChI=1S/C17H16BrN3O/c18-16(19)15-8-13(9-21-17(15)20)12-2-1-10-3-5-14(22)6-4-11(10)7-12/h1-2,7-9,19H,3-6H2,(H2,20,21). The Bertz CT molecular complexity index is 770. The summed E-state index contributed by atoms with van der Waals surface area (Å²) in [6.45, 7) is 0. The van der Waals surface area contributed by atoms with Crippen LogP contribution in [-0.4, -0.2) is 15.4 Å². The first-order chi connectivity index (χ1) is 10.5. The number of nitrogens with zero attached hydrogens (tertiary/aromatic N) is 1. The van der Waals surface area contributed by atoms with E-state index in [1.54, 1.807) is 6.20 Å². The molecule has 0 bridgehead atoms. The van der Waals surface area contributed by atoms with Crippen molar-refractivity contribution in [3.8, 4) is 11.1 Å². The highest BCUT2D eigenvalue weighted by molar-refractivity contribution is 9.18. The maximum atomic E-state index is 11.6. The monoisotopic (exact) mass is 357 g/mol. The van der Waals surface area contributed by atoms with Crippen molar-refractivity contribution in [2.45, 2.75) is 25.7 Å². The maximum absolute atomic E-state index is 11.6. The van der Waals surface area contributed by atoms with Gasteiger partial charge in [0.05, 0.1) is 0 Å². The average molecular weight is 358 g/mol. The van der Waals surface area contributed by atoms with E-state index in [1.165, 1.54) is 11.1 Å². The van der Waals surface area contributed by atoms with Gasteiger partial charge in [-0.15, -0.1) is 0 Å². The molecule has 0 fully saturated rings. The Morgan fingerprint density at radius 1 is 1.09 bits per heavy atom. The minimum atomic E-state index is 0.222. The van der Waals surface area contributed by atoms with Gasteiger partial charge in [0.1, 0.15) is 16.2 Å². The molecule has 0 radical (unpaired) electrons. The molecule has 5 heteroatoms. The Balaban J connectivity index is 2.01. The summed E-state index contributed by atoms with van der Waals surface area (Å²) in [4.78, 5) is 15.8. The Labute approximate surface area is 137 Å². The van der Waals surface area contributed by atoms with Crippen molar-refractivity contribution in [3.63, 3.8) is 0 Å². The fraction of sp³-hybridized carbons (Fsp3) is 0.235. The molecular weight excluding hydrogens is 342 g/mol. The van der Waals surface area contributed by atoms with Gasteiger partial charge >= 0.3 is 0 Å². The summed E-state index contributed by atoms with van der Waals surface area (Å²) in [6.07, 6.45) is 4.60. The second-order valence-corrected chi connectivity index (χ2v) is 6.29. The molecule has 3 rings (SSSR count). The lowest BCUT2D eigenvalue weighted by atomic mass is 9.97. The summed E-state index contributed by atoms with van der Waals surface area (Å²) < 4.78 is 0.222. The summed E-state index contributed by atoms with van der Waals surface area (Å²) >= 11 is 3.14. The third kappa shape index (κ3) is 2.95. The number of hydrogen-bond donors (Lipinski definition) is 2. The predicted molar refractivity (Wildman–Crippen MR) is 91.5 cm³/mol. The Hall–Kier alpha value is -2.01. The van der Waals surface area contributed by atoms with Crippen LogP contribution in [0.25, 0.3) is 11.1 Å². The van der Waals surface area contributed by atoms with Crippen molar-refractivity contribution in [2.24, 2.45) is 0 Å². The molecule has 0 atom stereocenters. The Morgan fingerprint density at radius 2 is 1.82 bits per heavy atom. The Kier molecular flexibility index (Phi) is 4.07. The number of ketones is 1. The number of carbonyl (C=O) groups is 1. The van der Waals surface area contributed by atoms with Crippen LogP contribution in [0.4, 0.5) is 5.82 Å². The highest BCUT2D eigenvalue weighted by Crippen LogP contribution is 2.28. The number of halogens is 1. The molecule has 0 unspecified atom stereocenters. The Morgan fingerprint density at radius 3 is 2.55 bits per heavy atom. The topological polar surface area (TPSA) is 79.8 Å². The van der Waals surface area contributed by atoms with Gasteiger partial charge in [-0.2, -0.15) is 0 Å². The number of nitrogen functional groups attached to an aromatic ring is 1. The predicted octanol–water partition coefficient (Wildman–Crippen LogP) is 3.50. The van der Waals surface area contributed by atoms with Crippen molar-refractivity contribution in [3.05, 3.63) is 47.2 Å². The number of aromatic nitrogens is 1. The summed E-state index contributed by atoms with van der Waals surface area (Å²) in [7, 11) is 0. The lowest BCUT2D eigenvalue weighted by molar-refractivity contribution is -0.118. The molecule has 1 aromatic carbocycles. The molecule has 4 nitrogen and oxygen atoms in total. The number of aryl methyl sites for hydroxylation is 2. The summed E-state index contributed by atoms with van der Waals surface area (Å²) in [5, 5.41) is 7.70.